The number of phenols is 2. The van der Waals surface area contributed by atoms with Crippen molar-refractivity contribution in [1.29, 1.82) is 0 Å². The van der Waals surface area contributed by atoms with Gasteiger partial charge in [-0.1, -0.05) is 6.08 Å². The van der Waals surface area contributed by atoms with Gasteiger partial charge >= 0.3 is 0 Å². The number of phenolic OH excluding ortho intramolecular Hbond substituents is 2. The molecule has 0 saturated heterocycles. The summed E-state index contributed by atoms with van der Waals surface area (Å²) in [4.78, 5) is 0. The van der Waals surface area contributed by atoms with Gasteiger partial charge in [0.15, 0.2) is 11.5 Å². The van der Waals surface area contributed by atoms with Gasteiger partial charge in [-0.2, -0.15) is 0 Å². The minimum Gasteiger partial charge on any atom is -0.504 e. The molecule has 0 saturated carbocycles. The van der Waals surface area contributed by atoms with Crippen LogP contribution in [-0.2, 0) is 0 Å². The van der Waals surface area contributed by atoms with Crippen molar-refractivity contribution in [2.24, 2.45) is 0 Å². The Labute approximate surface area is 69.5 Å². The van der Waals surface area contributed by atoms with Crippen LogP contribution >= 0.6 is 0 Å². The van der Waals surface area contributed by atoms with E-state index in [0.29, 0.717) is 12.4 Å². The maximum absolute atomic E-state index is 9.14. The van der Waals surface area contributed by atoms with Crippen LogP contribution in [0.5, 0.6) is 17.2 Å². The summed E-state index contributed by atoms with van der Waals surface area (Å²) in [6.07, 6.45) is 3.69. The summed E-state index contributed by atoms with van der Waals surface area (Å²) in [5.41, 5.74) is 0.788. The van der Waals surface area contributed by atoms with E-state index in [1.54, 1.807) is 0 Å². The Balaban J connectivity index is 2.58. The van der Waals surface area contributed by atoms with Crippen LogP contribution in [0.25, 0.3) is 6.08 Å². The fraction of sp³-hybridized carbons (Fsp3) is 0.111. The lowest BCUT2D eigenvalue weighted by atomic mass is 10.1. The minimum atomic E-state index is -0.149. The Hall–Kier alpha value is -1.64. The molecule has 0 radical (unpaired) electrons. The third-order valence-electron chi connectivity index (χ3n) is 1.74. The van der Waals surface area contributed by atoms with Gasteiger partial charge in [-0.15, -0.1) is 0 Å². The van der Waals surface area contributed by atoms with Gasteiger partial charge in [-0.05, 0) is 12.1 Å². The van der Waals surface area contributed by atoms with E-state index in [1.165, 1.54) is 12.1 Å². The Bertz CT molecular complexity index is 342. The van der Waals surface area contributed by atoms with Crippen molar-refractivity contribution in [2.75, 3.05) is 6.61 Å². The molecule has 0 bridgehead atoms. The van der Waals surface area contributed by atoms with Crippen LogP contribution in [0.4, 0.5) is 0 Å². The Morgan fingerprint density at radius 1 is 1.17 bits per heavy atom. The maximum Gasteiger partial charge on any atom is 0.161 e. The number of fused-ring (bicyclic) bond motifs is 1. The number of hydrogen-bond donors (Lipinski definition) is 2. The molecule has 12 heavy (non-hydrogen) atoms. The van der Waals surface area contributed by atoms with Crippen LogP contribution in [0.15, 0.2) is 18.2 Å². The molecule has 3 nitrogen and oxygen atoms in total. The molecule has 0 spiro atoms. The first-order valence-electron chi connectivity index (χ1n) is 3.62. The molecule has 1 aliphatic rings. The van der Waals surface area contributed by atoms with Crippen molar-refractivity contribution in [3.8, 4) is 17.2 Å². The van der Waals surface area contributed by atoms with Crippen molar-refractivity contribution in [2.45, 2.75) is 0 Å². The summed E-state index contributed by atoms with van der Waals surface area (Å²) >= 11 is 0. The molecule has 3 heteroatoms. The van der Waals surface area contributed by atoms with Crippen LogP contribution in [0.1, 0.15) is 5.56 Å². The lowest BCUT2D eigenvalue weighted by molar-refractivity contribution is 0.350. The number of rotatable bonds is 0. The maximum atomic E-state index is 9.14. The van der Waals surface area contributed by atoms with Crippen LogP contribution in [-0.4, -0.2) is 16.8 Å². The molecule has 0 fully saturated rings. The van der Waals surface area contributed by atoms with Crippen molar-refractivity contribution in [1.82, 2.24) is 0 Å². The van der Waals surface area contributed by atoms with Crippen molar-refractivity contribution in [3.05, 3.63) is 23.8 Å². The molecule has 1 aliphatic heterocycles. The van der Waals surface area contributed by atoms with Crippen molar-refractivity contribution < 1.29 is 14.9 Å². The molecule has 1 aromatic carbocycles. The largest absolute Gasteiger partial charge is 0.504 e. The molecular weight excluding hydrogens is 156 g/mol. The molecule has 0 atom stereocenters. The van der Waals surface area contributed by atoms with E-state index in [9.17, 15) is 0 Å². The summed E-state index contributed by atoms with van der Waals surface area (Å²) in [5, 5.41) is 18.3. The first kappa shape index (κ1) is 7.03. The molecule has 0 aliphatic carbocycles. The van der Waals surface area contributed by atoms with Crippen LogP contribution in [0.2, 0.25) is 0 Å². The smallest absolute Gasteiger partial charge is 0.161 e. The van der Waals surface area contributed by atoms with Gasteiger partial charge in [0.2, 0.25) is 0 Å². The topological polar surface area (TPSA) is 49.7 Å². The highest BCUT2D eigenvalue weighted by atomic mass is 16.5. The number of benzene rings is 1. The fourth-order valence-corrected chi connectivity index (χ4v) is 1.14. The predicted octanol–water partition coefficient (Wildman–Crippen LogP) is 1.50. The highest BCUT2D eigenvalue weighted by Gasteiger charge is 2.09. The van der Waals surface area contributed by atoms with Gasteiger partial charge < -0.3 is 14.9 Å². The van der Waals surface area contributed by atoms with Crippen LogP contribution < -0.4 is 4.74 Å². The van der Waals surface area contributed by atoms with E-state index in [-0.39, 0.29) is 11.5 Å². The zero-order valence-corrected chi connectivity index (χ0v) is 6.32. The summed E-state index contributed by atoms with van der Waals surface area (Å²) < 4.78 is 5.20. The molecular formula is C9H8O3. The first-order chi connectivity index (χ1) is 5.77. The molecule has 2 N–H and O–H groups in total. The number of aromatic hydroxyl groups is 2. The minimum absolute atomic E-state index is 0.121. The molecule has 0 unspecified atom stereocenters. The summed E-state index contributed by atoms with van der Waals surface area (Å²) in [6, 6.07) is 2.88. The Morgan fingerprint density at radius 2 is 1.92 bits per heavy atom. The molecule has 1 aromatic rings. The zero-order chi connectivity index (χ0) is 8.55. The van der Waals surface area contributed by atoms with Gasteiger partial charge in [0.25, 0.3) is 0 Å². The van der Waals surface area contributed by atoms with E-state index >= 15 is 0 Å². The summed E-state index contributed by atoms with van der Waals surface area (Å²) in [7, 11) is 0. The van der Waals surface area contributed by atoms with Gasteiger partial charge in [-0.3, -0.25) is 0 Å². The second kappa shape index (κ2) is 2.44. The monoisotopic (exact) mass is 164 g/mol. The van der Waals surface area contributed by atoms with E-state index in [2.05, 4.69) is 0 Å². The average Bonchev–Trinajstić information content (AvgIpc) is 2.07. The summed E-state index contributed by atoms with van der Waals surface area (Å²) in [5.74, 6) is 0.334. The number of ether oxygens (including phenoxy) is 1. The predicted molar refractivity (Wildman–Crippen MR) is 44.3 cm³/mol. The van der Waals surface area contributed by atoms with Crippen molar-refractivity contribution in [3.63, 3.8) is 0 Å². The van der Waals surface area contributed by atoms with Gasteiger partial charge in [0, 0.05) is 11.6 Å². The fourth-order valence-electron chi connectivity index (χ4n) is 1.14. The molecule has 2 rings (SSSR count). The van der Waals surface area contributed by atoms with Crippen LogP contribution in [0.3, 0.4) is 0 Å². The molecule has 0 aromatic heterocycles. The van der Waals surface area contributed by atoms with Gasteiger partial charge in [0.1, 0.15) is 12.4 Å². The SMILES string of the molecule is Oc1cc2c(cc1O)OCC=C2. The van der Waals surface area contributed by atoms with E-state index in [1.807, 2.05) is 12.2 Å². The zero-order valence-electron chi connectivity index (χ0n) is 6.32. The van der Waals surface area contributed by atoms with E-state index in [0.717, 1.165) is 5.56 Å². The van der Waals surface area contributed by atoms with Crippen LogP contribution in [0, 0.1) is 0 Å². The van der Waals surface area contributed by atoms with Gasteiger partial charge in [-0.25, -0.2) is 0 Å². The quantitative estimate of drug-likeness (QED) is 0.571. The lowest BCUT2D eigenvalue weighted by Gasteiger charge is -2.12. The highest BCUT2D eigenvalue weighted by molar-refractivity contribution is 5.64. The lowest BCUT2D eigenvalue weighted by Crippen LogP contribution is -1.99. The molecule has 62 valence electrons. The Kier molecular flexibility index (Phi) is 1.43. The van der Waals surface area contributed by atoms with Gasteiger partial charge in [0.05, 0.1) is 0 Å². The molecule has 1 heterocycles. The van der Waals surface area contributed by atoms with E-state index < -0.39 is 0 Å². The third kappa shape index (κ3) is 0.993. The third-order valence-corrected chi connectivity index (χ3v) is 1.74. The second-order valence-electron chi connectivity index (χ2n) is 2.59. The van der Waals surface area contributed by atoms with Crippen molar-refractivity contribution >= 4 is 6.08 Å². The first-order valence-corrected chi connectivity index (χ1v) is 3.62. The number of hydrogen-bond acceptors (Lipinski definition) is 3. The standard InChI is InChI=1S/C9H8O3/c10-7-4-6-2-1-3-12-9(6)5-8(7)11/h1-2,4-5,10-11H,3H2. The summed E-state index contributed by atoms with van der Waals surface area (Å²) in [6.45, 7) is 0.511. The Morgan fingerprint density at radius 3 is 2.75 bits per heavy atom. The average molecular weight is 164 g/mol. The molecule has 0 amide bonds. The second-order valence-corrected chi connectivity index (χ2v) is 2.59. The highest BCUT2D eigenvalue weighted by Crippen LogP contribution is 2.34. The normalized spacial score (nSPS) is 13.7. The van der Waals surface area contributed by atoms with E-state index in [4.69, 9.17) is 14.9 Å².